The molecule has 0 radical (unpaired) electrons. The molecule has 1 aromatic heterocycles. The molecule has 2 aromatic rings. The Balaban J connectivity index is 2.59. The molecule has 27 heavy (non-hydrogen) atoms. The van der Waals surface area contributed by atoms with E-state index in [1.165, 1.54) is 0 Å². The van der Waals surface area contributed by atoms with Gasteiger partial charge in [0.05, 0.1) is 5.56 Å². The third kappa shape index (κ3) is 3.57. The van der Waals surface area contributed by atoms with Gasteiger partial charge in [0.2, 0.25) is 0 Å². The highest BCUT2D eigenvalue weighted by Crippen LogP contribution is 2.23. The molecule has 3 N–H and O–H groups in total. The van der Waals surface area contributed by atoms with Crippen molar-refractivity contribution in [2.24, 2.45) is 0 Å². The largest absolute Gasteiger partial charge is 0.383 e. The van der Waals surface area contributed by atoms with E-state index in [9.17, 15) is 31.9 Å². The average Bonchev–Trinajstić information content (AvgIpc) is 2.61. The van der Waals surface area contributed by atoms with E-state index in [4.69, 9.17) is 5.73 Å². The van der Waals surface area contributed by atoms with Crippen LogP contribution >= 0.6 is 0 Å². The third-order valence-electron chi connectivity index (χ3n) is 3.92. The second-order valence-electron chi connectivity index (χ2n) is 5.71. The van der Waals surface area contributed by atoms with Crippen molar-refractivity contribution in [3.05, 3.63) is 55.7 Å². The Labute approximate surface area is 150 Å². The minimum atomic E-state index is -2.17. The molecule has 0 saturated carbocycles. The van der Waals surface area contributed by atoms with Gasteiger partial charge < -0.3 is 10.6 Å². The Morgan fingerprint density at radius 3 is 2.41 bits per heavy atom. The number of carbonyl (C=O) groups excluding carboxylic acids is 1. The summed E-state index contributed by atoms with van der Waals surface area (Å²) in [5.41, 5.74) is 2.30. The molecular weight excluding hydrogens is 372 g/mol. The van der Waals surface area contributed by atoms with Gasteiger partial charge in [-0.15, -0.1) is 0 Å². The van der Waals surface area contributed by atoms with Gasteiger partial charge in [-0.3, -0.25) is 19.1 Å². The number of aromatic nitrogens is 2. The number of rotatable bonds is 5. The first-order valence-electron chi connectivity index (χ1n) is 7.85. The maximum absolute atomic E-state index is 13.9. The smallest absolute Gasteiger partial charge is 0.330 e. The van der Waals surface area contributed by atoms with E-state index in [1.807, 2.05) is 11.9 Å². The van der Waals surface area contributed by atoms with Gasteiger partial charge in [0, 0.05) is 13.6 Å². The fraction of sp³-hybridized carbons (Fsp3) is 0.312. The number of benzene rings is 1. The standard InChI is InChI=1S/C16H16F4N4O3/c1-3-4-5-24-13(21)12(14(25)22-16(24)27)23(2)15(26)7-6-8(17)10(19)11(20)9(7)18/h6H,3-5,21H2,1-2H3,(H,22,25,27). The Morgan fingerprint density at radius 1 is 1.19 bits per heavy atom. The zero-order valence-electron chi connectivity index (χ0n) is 14.4. The van der Waals surface area contributed by atoms with E-state index in [-0.39, 0.29) is 18.4 Å². The van der Waals surface area contributed by atoms with Gasteiger partial charge >= 0.3 is 5.69 Å². The van der Waals surface area contributed by atoms with Gasteiger partial charge in [0.15, 0.2) is 29.0 Å². The van der Waals surface area contributed by atoms with E-state index in [1.54, 1.807) is 0 Å². The molecule has 0 aliphatic carbocycles. The van der Waals surface area contributed by atoms with Gasteiger partial charge in [-0.2, -0.15) is 0 Å². The number of carbonyl (C=O) groups is 1. The number of hydrogen-bond acceptors (Lipinski definition) is 4. The van der Waals surface area contributed by atoms with Gasteiger partial charge in [-0.25, -0.2) is 22.4 Å². The summed E-state index contributed by atoms with van der Waals surface area (Å²) in [7, 11) is 0.997. The first-order valence-corrected chi connectivity index (χ1v) is 7.85. The van der Waals surface area contributed by atoms with E-state index in [0.29, 0.717) is 17.7 Å². The van der Waals surface area contributed by atoms with Gasteiger partial charge in [-0.1, -0.05) is 13.3 Å². The lowest BCUT2D eigenvalue weighted by Gasteiger charge is -2.20. The zero-order valence-corrected chi connectivity index (χ0v) is 14.4. The molecule has 0 aliphatic heterocycles. The number of aromatic amines is 1. The lowest BCUT2D eigenvalue weighted by atomic mass is 10.1. The Kier molecular flexibility index (Phi) is 5.72. The quantitative estimate of drug-likeness (QED) is 0.463. The number of nitrogens with two attached hydrogens (primary N) is 1. The normalized spacial score (nSPS) is 10.9. The summed E-state index contributed by atoms with van der Waals surface area (Å²) in [4.78, 5) is 38.9. The van der Waals surface area contributed by atoms with Crippen LogP contribution in [0.15, 0.2) is 15.7 Å². The molecule has 0 saturated heterocycles. The predicted molar refractivity (Wildman–Crippen MR) is 89.7 cm³/mol. The minimum absolute atomic E-state index is 0.140. The number of anilines is 2. The van der Waals surface area contributed by atoms with Crippen molar-refractivity contribution in [2.45, 2.75) is 26.3 Å². The lowest BCUT2D eigenvalue weighted by molar-refractivity contribution is 0.0986. The predicted octanol–water partition coefficient (Wildman–Crippen LogP) is 1.75. The number of nitrogen functional groups attached to an aromatic ring is 1. The van der Waals surface area contributed by atoms with Crippen LogP contribution in [0.5, 0.6) is 0 Å². The third-order valence-corrected chi connectivity index (χ3v) is 3.92. The van der Waals surface area contributed by atoms with Gasteiger partial charge in [0.1, 0.15) is 5.82 Å². The number of nitrogens with one attached hydrogen (secondary N) is 1. The lowest BCUT2D eigenvalue weighted by Crippen LogP contribution is -2.39. The molecule has 146 valence electrons. The highest BCUT2D eigenvalue weighted by Gasteiger charge is 2.28. The number of H-pyrrole nitrogens is 1. The Hall–Kier alpha value is -3.11. The monoisotopic (exact) mass is 388 g/mol. The summed E-state index contributed by atoms with van der Waals surface area (Å²) >= 11 is 0. The fourth-order valence-corrected chi connectivity index (χ4v) is 2.45. The number of hydrogen-bond donors (Lipinski definition) is 2. The van der Waals surface area contributed by atoms with E-state index in [0.717, 1.165) is 11.6 Å². The first-order chi connectivity index (χ1) is 12.6. The van der Waals surface area contributed by atoms with Crippen molar-refractivity contribution < 1.29 is 22.4 Å². The molecule has 7 nitrogen and oxygen atoms in total. The number of amides is 1. The van der Waals surface area contributed by atoms with Crippen molar-refractivity contribution >= 4 is 17.4 Å². The van der Waals surface area contributed by atoms with E-state index in [2.05, 4.69) is 0 Å². The number of unbranched alkanes of at least 4 members (excludes halogenated alkanes) is 1. The minimum Gasteiger partial charge on any atom is -0.383 e. The van der Waals surface area contributed by atoms with Crippen molar-refractivity contribution in [3.63, 3.8) is 0 Å². The topological polar surface area (TPSA) is 101 Å². The molecular formula is C16H16F4N4O3. The summed E-state index contributed by atoms with van der Waals surface area (Å²) in [5.74, 6) is -9.67. The van der Waals surface area contributed by atoms with Crippen LogP contribution < -0.4 is 21.9 Å². The molecule has 0 bridgehead atoms. The number of nitrogens with zero attached hydrogens (tertiary/aromatic N) is 2. The highest BCUT2D eigenvalue weighted by molar-refractivity contribution is 6.07. The van der Waals surface area contributed by atoms with Crippen molar-refractivity contribution in [1.29, 1.82) is 0 Å². The van der Waals surface area contributed by atoms with Gasteiger partial charge in [-0.05, 0) is 12.5 Å². The Bertz CT molecular complexity index is 1020. The molecule has 0 atom stereocenters. The molecule has 0 aliphatic rings. The highest BCUT2D eigenvalue weighted by atomic mass is 19.2. The molecule has 0 spiro atoms. The second kappa shape index (κ2) is 7.64. The van der Waals surface area contributed by atoms with Crippen molar-refractivity contribution in [2.75, 3.05) is 17.7 Å². The number of halogens is 4. The second-order valence-corrected chi connectivity index (χ2v) is 5.71. The van der Waals surface area contributed by atoms with Crippen LogP contribution in [0, 0.1) is 23.3 Å². The molecule has 0 unspecified atom stereocenters. The van der Waals surface area contributed by atoms with Crippen LogP contribution in [0.3, 0.4) is 0 Å². The van der Waals surface area contributed by atoms with Crippen LogP contribution in [0.1, 0.15) is 30.1 Å². The van der Waals surface area contributed by atoms with E-state index >= 15 is 0 Å². The molecule has 1 amide bonds. The SMILES string of the molecule is CCCCn1c(N)c(N(C)C(=O)c2cc(F)c(F)c(F)c2F)c(=O)[nH]c1=O. The summed E-state index contributed by atoms with van der Waals surface area (Å²) in [6, 6.07) is 0.171. The summed E-state index contributed by atoms with van der Waals surface area (Å²) in [6.45, 7) is 1.99. The van der Waals surface area contributed by atoms with Crippen LogP contribution in [-0.4, -0.2) is 22.5 Å². The van der Waals surface area contributed by atoms with Crippen LogP contribution in [0.4, 0.5) is 29.1 Å². The zero-order chi connectivity index (χ0) is 20.5. The fourth-order valence-electron chi connectivity index (χ4n) is 2.45. The van der Waals surface area contributed by atoms with Crippen LogP contribution in [0.2, 0.25) is 0 Å². The molecule has 1 heterocycles. The summed E-state index contributed by atoms with van der Waals surface area (Å²) < 4.78 is 54.7. The Morgan fingerprint density at radius 2 is 1.81 bits per heavy atom. The molecule has 1 aromatic carbocycles. The average molecular weight is 388 g/mol. The summed E-state index contributed by atoms with van der Waals surface area (Å²) in [5, 5.41) is 0. The molecule has 0 fully saturated rings. The van der Waals surface area contributed by atoms with Crippen LogP contribution in [0.25, 0.3) is 0 Å². The first kappa shape index (κ1) is 20.2. The summed E-state index contributed by atoms with van der Waals surface area (Å²) in [6.07, 6.45) is 1.24. The maximum Gasteiger partial charge on any atom is 0.330 e. The maximum atomic E-state index is 13.9. The van der Waals surface area contributed by atoms with Gasteiger partial charge in [0.25, 0.3) is 11.5 Å². The molecule has 2 rings (SSSR count). The molecule has 11 heteroatoms. The van der Waals surface area contributed by atoms with Crippen molar-refractivity contribution in [3.8, 4) is 0 Å². The van der Waals surface area contributed by atoms with E-state index < -0.39 is 51.7 Å². The van der Waals surface area contributed by atoms with Crippen molar-refractivity contribution in [1.82, 2.24) is 9.55 Å². The van der Waals surface area contributed by atoms with Crippen LogP contribution in [-0.2, 0) is 6.54 Å².